The molecular formula is C19H19F3N4O3S. The molecule has 1 unspecified atom stereocenters. The lowest BCUT2D eigenvalue weighted by Gasteiger charge is -2.29. The van der Waals surface area contributed by atoms with Crippen LogP contribution in [0.15, 0.2) is 35.4 Å². The van der Waals surface area contributed by atoms with Crippen molar-refractivity contribution in [3.05, 3.63) is 47.4 Å². The number of rotatable bonds is 3. The van der Waals surface area contributed by atoms with E-state index in [1.54, 1.807) is 17.0 Å². The molecule has 11 heteroatoms. The summed E-state index contributed by atoms with van der Waals surface area (Å²) in [5.74, 6) is -0.0694. The van der Waals surface area contributed by atoms with E-state index >= 15 is 0 Å². The standard InChI is InChI=1S/C19H19F3N4O3S/c1-11(27)15-9-23-18(24-17(15)19(20,21)22)25-5-6-26-13(10-25)7-12-3-4-14(8-16(12)26)30(2,28)29/h3-4,7-9,11,27H,5-6,10H2,1-2H3. The lowest BCUT2D eigenvalue weighted by atomic mass is 10.1. The molecule has 0 amide bonds. The lowest BCUT2D eigenvalue weighted by Crippen LogP contribution is -2.35. The first-order valence-corrected chi connectivity index (χ1v) is 11.0. The fraction of sp³-hybridized carbons (Fsp3) is 0.368. The van der Waals surface area contributed by atoms with Crippen LogP contribution in [0.2, 0.25) is 0 Å². The van der Waals surface area contributed by atoms with Crippen LogP contribution >= 0.6 is 0 Å². The Morgan fingerprint density at radius 3 is 2.57 bits per heavy atom. The zero-order chi connectivity index (χ0) is 21.8. The Kier molecular flexibility index (Phi) is 4.77. The molecule has 0 fully saturated rings. The van der Waals surface area contributed by atoms with E-state index in [0.29, 0.717) is 13.1 Å². The molecule has 0 spiro atoms. The van der Waals surface area contributed by atoms with Crippen LogP contribution in [0.3, 0.4) is 0 Å². The topological polar surface area (TPSA) is 88.3 Å². The van der Waals surface area contributed by atoms with E-state index < -0.39 is 27.8 Å². The van der Waals surface area contributed by atoms with Crippen molar-refractivity contribution in [2.24, 2.45) is 0 Å². The molecule has 3 aromatic rings. The molecule has 4 rings (SSSR count). The number of fused-ring (bicyclic) bond motifs is 3. The van der Waals surface area contributed by atoms with E-state index in [-0.39, 0.29) is 23.0 Å². The molecule has 1 aromatic carbocycles. The van der Waals surface area contributed by atoms with Gasteiger partial charge in [0.25, 0.3) is 0 Å². The molecule has 0 radical (unpaired) electrons. The first-order chi connectivity index (χ1) is 13.9. The van der Waals surface area contributed by atoms with Crippen molar-refractivity contribution in [2.75, 3.05) is 17.7 Å². The molecule has 0 aliphatic carbocycles. The number of hydrogen-bond acceptors (Lipinski definition) is 6. The third kappa shape index (κ3) is 3.63. The Balaban J connectivity index is 1.71. The summed E-state index contributed by atoms with van der Waals surface area (Å²) in [6.45, 7) is 2.30. The van der Waals surface area contributed by atoms with Gasteiger partial charge in [-0.3, -0.25) is 0 Å². The summed E-state index contributed by atoms with van der Waals surface area (Å²) in [4.78, 5) is 9.59. The molecule has 2 aromatic heterocycles. The number of alkyl halides is 3. The monoisotopic (exact) mass is 440 g/mol. The zero-order valence-corrected chi connectivity index (χ0v) is 17.0. The summed E-state index contributed by atoms with van der Waals surface area (Å²) >= 11 is 0. The second-order valence-electron chi connectivity index (χ2n) is 7.35. The fourth-order valence-corrected chi connectivity index (χ4v) is 4.29. The van der Waals surface area contributed by atoms with E-state index in [1.807, 2.05) is 10.6 Å². The van der Waals surface area contributed by atoms with Crippen molar-refractivity contribution < 1.29 is 26.7 Å². The highest BCUT2D eigenvalue weighted by Gasteiger charge is 2.38. The highest BCUT2D eigenvalue weighted by Crippen LogP contribution is 2.34. The van der Waals surface area contributed by atoms with Gasteiger partial charge < -0.3 is 14.6 Å². The normalized spacial score (nSPS) is 16.0. The fourth-order valence-electron chi connectivity index (χ4n) is 3.65. The number of aliphatic hydroxyl groups excluding tert-OH is 1. The van der Waals surface area contributed by atoms with Crippen LogP contribution < -0.4 is 4.90 Å². The molecule has 1 atom stereocenters. The first-order valence-electron chi connectivity index (χ1n) is 9.14. The van der Waals surface area contributed by atoms with E-state index in [9.17, 15) is 26.7 Å². The molecule has 0 saturated heterocycles. The first kappa shape index (κ1) is 20.6. The molecule has 30 heavy (non-hydrogen) atoms. The van der Waals surface area contributed by atoms with Crippen molar-refractivity contribution in [3.8, 4) is 0 Å². The molecule has 160 valence electrons. The summed E-state index contributed by atoms with van der Waals surface area (Å²) in [5, 5.41) is 10.5. The van der Waals surface area contributed by atoms with E-state index in [2.05, 4.69) is 9.97 Å². The van der Waals surface area contributed by atoms with Gasteiger partial charge in [0, 0.05) is 47.7 Å². The van der Waals surface area contributed by atoms with Gasteiger partial charge in [-0.2, -0.15) is 13.2 Å². The summed E-state index contributed by atoms with van der Waals surface area (Å²) in [6.07, 6.45) is -3.90. The second-order valence-corrected chi connectivity index (χ2v) is 9.37. The van der Waals surface area contributed by atoms with Gasteiger partial charge in [0.05, 0.1) is 17.5 Å². The van der Waals surface area contributed by atoms with Gasteiger partial charge in [0.2, 0.25) is 5.95 Å². The van der Waals surface area contributed by atoms with Crippen molar-refractivity contribution in [1.29, 1.82) is 0 Å². The maximum Gasteiger partial charge on any atom is 0.433 e. The van der Waals surface area contributed by atoms with Crippen LogP contribution in [0.25, 0.3) is 10.9 Å². The van der Waals surface area contributed by atoms with Crippen molar-refractivity contribution in [1.82, 2.24) is 14.5 Å². The van der Waals surface area contributed by atoms with Gasteiger partial charge >= 0.3 is 6.18 Å². The number of benzene rings is 1. The minimum Gasteiger partial charge on any atom is -0.389 e. The molecule has 3 heterocycles. The molecule has 0 bridgehead atoms. The molecule has 1 aliphatic rings. The maximum absolute atomic E-state index is 13.4. The highest BCUT2D eigenvalue weighted by molar-refractivity contribution is 7.90. The summed E-state index contributed by atoms with van der Waals surface area (Å²) in [5.41, 5.74) is 0.0599. The van der Waals surface area contributed by atoms with E-state index in [0.717, 1.165) is 29.0 Å². The van der Waals surface area contributed by atoms with Crippen LogP contribution in [0.4, 0.5) is 19.1 Å². The van der Waals surface area contributed by atoms with Gasteiger partial charge in [0.1, 0.15) is 0 Å². The predicted octanol–water partition coefficient (Wildman–Crippen LogP) is 2.93. The summed E-state index contributed by atoms with van der Waals surface area (Å²) < 4.78 is 65.8. The average Bonchev–Trinajstić information content (AvgIpc) is 3.03. The predicted molar refractivity (Wildman–Crippen MR) is 104 cm³/mol. The largest absolute Gasteiger partial charge is 0.433 e. The van der Waals surface area contributed by atoms with Crippen molar-refractivity contribution in [2.45, 2.75) is 37.2 Å². The zero-order valence-electron chi connectivity index (χ0n) is 16.2. The minimum atomic E-state index is -4.71. The number of sulfone groups is 1. The number of hydrogen-bond donors (Lipinski definition) is 1. The van der Waals surface area contributed by atoms with Gasteiger partial charge in [-0.15, -0.1) is 0 Å². The SMILES string of the molecule is CC(O)c1cnc(N2CCn3c(cc4ccc(S(C)(=O)=O)cc43)C2)nc1C(F)(F)F. The number of aliphatic hydroxyl groups is 1. The Morgan fingerprint density at radius 1 is 1.20 bits per heavy atom. The van der Waals surface area contributed by atoms with Crippen molar-refractivity contribution >= 4 is 26.7 Å². The maximum atomic E-state index is 13.4. The van der Waals surface area contributed by atoms with Gasteiger partial charge in [-0.1, -0.05) is 6.07 Å². The quantitative estimate of drug-likeness (QED) is 0.674. The van der Waals surface area contributed by atoms with Crippen molar-refractivity contribution in [3.63, 3.8) is 0 Å². The van der Waals surface area contributed by atoms with Crippen LogP contribution in [-0.2, 0) is 29.1 Å². The number of nitrogens with zero attached hydrogens (tertiary/aromatic N) is 4. The molecule has 7 nitrogen and oxygen atoms in total. The number of halogens is 3. The molecule has 0 saturated carbocycles. The summed E-state index contributed by atoms with van der Waals surface area (Å²) in [6, 6.07) is 6.74. The Morgan fingerprint density at radius 2 is 1.93 bits per heavy atom. The van der Waals surface area contributed by atoms with Crippen LogP contribution in [0.1, 0.15) is 30.0 Å². The Bertz CT molecular complexity index is 1240. The Labute approximate surface area is 170 Å². The van der Waals surface area contributed by atoms with Crippen LogP contribution in [0.5, 0.6) is 0 Å². The number of anilines is 1. The summed E-state index contributed by atoms with van der Waals surface area (Å²) in [7, 11) is -3.35. The smallest absolute Gasteiger partial charge is 0.389 e. The lowest BCUT2D eigenvalue weighted by molar-refractivity contribution is -0.142. The third-order valence-electron chi connectivity index (χ3n) is 5.14. The third-order valence-corrected chi connectivity index (χ3v) is 6.25. The van der Waals surface area contributed by atoms with Gasteiger partial charge in [-0.05, 0) is 25.1 Å². The van der Waals surface area contributed by atoms with Crippen LogP contribution in [0, 0.1) is 0 Å². The minimum absolute atomic E-state index is 0.0694. The van der Waals surface area contributed by atoms with Gasteiger partial charge in [-0.25, -0.2) is 18.4 Å². The highest BCUT2D eigenvalue weighted by atomic mass is 32.2. The average molecular weight is 440 g/mol. The van der Waals surface area contributed by atoms with E-state index in [4.69, 9.17) is 0 Å². The van der Waals surface area contributed by atoms with Gasteiger partial charge in [0.15, 0.2) is 15.5 Å². The molecule has 1 N–H and O–H groups in total. The van der Waals surface area contributed by atoms with E-state index in [1.165, 1.54) is 13.0 Å². The van der Waals surface area contributed by atoms with Crippen LogP contribution in [-0.4, -0.2) is 40.9 Å². The second kappa shape index (κ2) is 6.95. The molecule has 1 aliphatic heterocycles. The Hall–Kier alpha value is -2.66. The molecular weight excluding hydrogens is 421 g/mol. The number of aromatic nitrogens is 3.